The van der Waals surface area contributed by atoms with Crippen molar-refractivity contribution < 1.29 is 48.1 Å². The number of halogens is 2. The molecule has 0 aliphatic carbocycles. The van der Waals surface area contributed by atoms with E-state index in [0.29, 0.717) is 0 Å². The van der Waals surface area contributed by atoms with Gasteiger partial charge in [0.2, 0.25) is 0 Å². The van der Waals surface area contributed by atoms with Gasteiger partial charge in [0.15, 0.2) is 0 Å². The molecule has 56 heavy (non-hydrogen) atoms. The first-order chi connectivity index (χ1) is 24.9. The average Bonchev–Trinajstić information content (AvgIpc) is 3.62. The minimum Gasteiger partial charge on any atom is -1.00 e. The normalized spacial score (nSPS) is 11.9. The van der Waals surface area contributed by atoms with Crippen LogP contribution >= 0.6 is 0 Å². The molecule has 0 aromatic heterocycles. The molecule has 6 aromatic carbocycles. The minimum atomic E-state index is -1.24. The summed E-state index contributed by atoms with van der Waals surface area (Å²) in [5, 5.41) is 8.61. The number of hydrogen-bond acceptors (Lipinski definition) is 0. The van der Waals surface area contributed by atoms with E-state index >= 15 is 0 Å². The summed E-state index contributed by atoms with van der Waals surface area (Å²) in [5.74, 6) is 0. The second kappa shape index (κ2) is 20.0. The third kappa shape index (κ3) is 12.4. The van der Waals surface area contributed by atoms with Gasteiger partial charge in [-0.2, -0.15) is 11.1 Å². The number of aryl methyl sites for hydroxylation is 2. The molecule has 0 amide bonds. The van der Waals surface area contributed by atoms with Gasteiger partial charge in [-0.05, 0) is 22.0 Å². The van der Waals surface area contributed by atoms with E-state index in [-0.39, 0.29) is 41.1 Å². The van der Waals surface area contributed by atoms with Crippen molar-refractivity contribution in [1.82, 2.24) is 0 Å². The fourth-order valence-electron chi connectivity index (χ4n) is 7.73. The van der Waals surface area contributed by atoms with E-state index in [4.69, 9.17) is 0 Å². The molecule has 0 heterocycles. The van der Waals surface area contributed by atoms with Crippen LogP contribution in [0.25, 0.3) is 43.8 Å². The summed E-state index contributed by atoms with van der Waals surface area (Å²) in [6.07, 6.45) is 1.40. The van der Waals surface area contributed by atoms with Crippen LogP contribution in [0.15, 0.2) is 97.1 Å². The predicted molar refractivity (Wildman–Crippen MR) is 250 cm³/mol. The van der Waals surface area contributed by atoms with Crippen LogP contribution in [0, 0.1) is 13.8 Å². The van der Waals surface area contributed by atoms with Crippen molar-refractivity contribution in [1.29, 1.82) is 0 Å². The maximum atomic E-state index is 2.40. The zero-order valence-corrected chi connectivity index (χ0v) is 44.4. The molecule has 0 unspecified atom stereocenters. The molecular weight excluding hydrogens is 847 g/mol. The van der Waals surface area contributed by atoms with Crippen LogP contribution in [0.1, 0.15) is 77.1 Å². The van der Waals surface area contributed by atoms with Crippen LogP contribution in [-0.4, -0.2) is 21.6 Å². The van der Waals surface area contributed by atoms with Crippen LogP contribution in [0.4, 0.5) is 0 Å². The summed E-state index contributed by atoms with van der Waals surface area (Å²) in [6, 6.07) is 38.3. The Bertz CT molecular complexity index is 2040. The van der Waals surface area contributed by atoms with E-state index in [9.17, 15) is 0 Å². The zero-order valence-electron chi connectivity index (χ0n) is 37.4. The second-order valence-corrected chi connectivity index (χ2v) is 38.1. The summed E-state index contributed by atoms with van der Waals surface area (Å²) in [7, 11) is -2.49. The Kier molecular flexibility index (Phi) is 18.0. The summed E-state index contributed by atoms with van der Waals surface area (Å²) in [6.45, 7) is 37.4. The van der Waals surface area contributed by atoms with Gasteiger partial charge in [0.1, 0.15) is 0 Å². The maximum Gasteiger partial charge on any atom is 0.0775 e. The summed E-state index contributed by atoms with van der Waals surface area (Å²) in [5.41, 5.74) is 11.7. The third-order valence-electron chi connectivity index (χ3n) is 10.7. The molecule has 6 aromatic rings. The van der Waals surface area contributed by atoms with Crippen molar-refractivity contribution in [3.8, 4) is 22.3 Å². The van der Waals surface area contributed by atoms with Crippen LogP contribution in [0.2, 0.25) is 51.9 Å². The number of rotatable bonds is 6. The molecular formula is C50H68Cl2Si3Zr-2. The van der Waals surface area contributed by atoms with Gasteiger partial charge in [0, 0.05) is 0 Å². The monoisotopic (exact) mass is 912 g/mol. The molecule has 0 radical (unpaired) electrons. The molecule has 0 nitrogen and oxygen atoms in total. The quantitative estimate of drug-likeness (QED) is 0.117. The second-order valence-electron chi connectivity index (χ2n) is 19.6. The van der Waals surface area contributed by atoms with Crippen LogP contribution < -0.4 is 35.2 Å². The van der Waals surface area contributed by atoms with Crippen LogP contribution in [-0.2, 0) is 34.2 Å². The Hall–Kier alpha value is -1.79. The van der Waals surface area contributed by atoms with Gasteiger partial charge in [-0.15, -0.1) is 69.1 Å². The summed E-state index contributed by atoms with van der Waals surface area (Å²) < 4.78 is 0. The molecule has 0 bridgehead atoms. The first-order valence-electron chi connectivity index (χ1n) is 20.1. The average molecular weight is 915 g/mol. The summed E-state index contributed by atoms with van der Waals surface area (Å²) >= 11 is 1.79. The maximum absolute atomic E-state index is 2.40. The first kappa shape index (κ1) is 50.4. The fourth-order valence-corrected chi connectivity index (χ4v) is 12.7. The third-order valence-corrected chi connectivity index (χ3v) is 17.9. The van der Waals surface area contributed by atoms with Gasteiger partial charge in [0.05, 0.1) is 16.1 Å². The first-order valence-corrected chi connectivity index (χ1v) is 33.0. The largest absolute Gasteiger partial charge is 1.00 e. The van der Waals surface area contributed by atoms with Gasteiger partial charge in [0.25, 0.3) is 0 Å². The van der Waals surface area contributed by atoms with Crippen LogP contribution in [0.3, 0.4) is 0 Å². The SMILES string of the molecule is CCC[Si](C)=[Zr+2].Cc1c(C(C)(C)C)[cH-]c2cccc(-c3ccc([Si](C)(C)C)cc3)c12.Cc1c(C(C)(C)C)[cH-]c2cccc(-c3ccc([Si](C)(C)C)cc3)c12.[Cl-].[Cl-]. The van der Waals surface area contributed by atoms with Crippen molar-refractivity contribution in [3.05, 3.63) is 119 Å². The van der Waals surface area contributed by atoms with Gasteiger partial charge >= 0.3 is 54.7 Å². The molecule has 6 heteroatoms. The van der Waals surface area contributed by atoms with Crippen molar-refractivity contribution in [2.45, 2.75) is 131 Å². The Morgan fingerprint density at radius 2 is 0.875 bits per heavy atom. The molecule has 0 saturated heterocycles. The van der Waals surface area contributed by atoms with E-state index in [1.165, 1.54) is 88.9 Å². The Morgan fingerprint density at radius 3 is 1.11 bits per heavy atom. The van der Waals surface area contributed by atoms with Crippen LogP contribution in [0.5, 0.6) is 0 Å². The molecule has 0 aliphatic rings. The topological polar surface area (TPSA) is 0 Å². The standard InChI is InChI=1S/2C23H29Si.C4H10Si.2ClH.Zr/c2*1-16-21(23(2,3)4)15-18-9-8-10-20(22(16)18)17-11-13-19(14-12-17)24(5,6)7;1-3-4-5-2;;;/h2*8-15H,1-7H3;3-4H2,1-2H3;2*1H;/q2*-1;;;;+2/p-2. The smallest absolute Gasteiger partial charge is 0.0775 e. The Balaban J connectivity index is 0.000000328. The summed E-state index contributed by atoms with van der Waals surface area (Å²) in [4.78, 5) is 0. The molecule has 6 rings (SSSR count). The van der Waals surface area contributed by atoms with E-state index in [2.05, 4.69) is 205 Å². The van der Waals surface area contributed by atoms with Gasteiger partial charge < -0.3 is 24.8 Å². The van der Waals surface area contributed by atoms with Crippen molar-refractivity contribution in [2.24, 2.45) is 0 Å². The molecule has 0 fully saturated rings. The zero-order chi connectivity index (χ0) is 40.4. The molecule has 0 N–H and O–H groups in total. The van der Waals surface area contributed by atoms with Crippen molar-refractivity contribution >= 4 is 53.5 Å². The van der Waals surface area contributed by atoms with Gasteiger partial charge in [-0.1, -0.05) is 177 Å². The Labute approximate surface area is 371 Å². The van der Waals surface area contributed by atoms with Crippen molar-refractivity contribution in [3.63, 3.8) is 0 Å². The molecule has 0 aliphatic heterocycles. The van der Waals surface area contributed by atoms with E-state index in [1.807, 2.05) is 0 Å². The molecule has 300 valence electrons. The van der Waals surface area contributed by atoms with E-state index in [0.717, 1.165) is 0 Å². The van der Waals surface area contributed by atoms with E-state index in [1.54, 1.807) is 23.3 Å². The number of benzene rings is 4. The fraction of sp³-hybridized carbons (Fsp3) is 0.400. The van der Waals surface area contributed by atoms with Gasteiger partial charge in [-0.3, -0.25) is 0 Å². The number of fused-ring (bicyclic) bond motifs is 2. The molecule has 0 atom stereocenters. The number of hydrogen-bond donors (Lipinski definition) is 0. The molecule has 0 spiro atoms. The minimum absolute atomic E-state index is 0. The molecule has 0 saturated carbocycles. The predicted octanol–water partition coefficient (Wildman–Crippen LogP) is 8.33. The Morgan fingerprint density at radius 1 is 0.554 bits per heavy atom. The van der Waals surface area contributed by atoms with E-state index < -0.39 is 16.1 Å². The van der Waals surface area contributed by atoms with Crippen molar-refractivity contribution in [2.75, 3.05) is 0 Å². The van der Waals surface area contributed by atoms with Gasteiger partial charge in [-0.25, -0.2) is 0 Å².